The summed E-state index contributed by atoms with van der Waals surface area (Å²) in [5, 5.41) is 12.2. The molecule has 1 unspecified atom stereocenters. The van der Waals surface area contributed by atoms with Crippen LogP contribution in [0.25, 0.3) is 0 Å². The molecule has 1 aliphatic carbocycles. The Kier molecular flexibility index (Phi) is 5.94. The number of halogens is 1. The van der Waals surface area contributed by atoms with Gasteiger partial charge in [0.1, 0.15) is 17.3 Å². The van der Waals surface area contributed by atoms with Crippen molar-refractivity contribution in [2.45, 2.75) is 45.6 Å². The minimum atomic E-state index is -0.928. The van der Waals surface area contributed by atoms with E-state index >= 15 is 0 Å². The maximum absolute atomic E-state index is 14.4. The molecule has 1 aliphatic rings. The van der Waals surface area contributed by atoms with E-state index in [0.29, 0.717) is 11.3 Å². The predicted molar refractivity (Wildman–Crippen MR) is 119 cm³/mol. The molecule has 0 fully saturated rings. The van der Waals surface area contributed by atoms with Crippen molar-refractivity contribution in [2.24, 2.45) is 0 Å². The zero-order chi connectivity index (χ0) is 22.0. The Morgan fingerprint density at radius 2 is 1.87 bits per heavy atom. The third kappa shape index (κ3) is 4.55. The van der Waals surface area contributed by atoms with Gasteiger partial charge in [0.15, 0.2) is 0 Å². The largest absolute Gasteiger partial charge is 0.481 e. The molecule has 3 aromatic rings. The van der Waals surface area contributed by atoms with Gasteiger partial charge in [0.2, 0.25) is 0 Å². The molecule has 0 aromatic heterocycles. The summed E-state index contributed by atoms with van der Waals surface area (Å²) in [5.41, 5.74) is 5.66. The van der Waals surface area contributed by atoms with E-state index in [1.54, 1.807) is 6.07 Å². The number of rotatable bonds is 7. The average Bonchev–Trinajstić information content (AvgIpc) is 3.14. The number of benzene rings is 3. The number of para-hydroxylation sites is 1. The van der Waals surface area contributed by atoms with Gasteiger partial charge in [0.25, 0.3) is 0 Å². The molecule has 2 N–H and O–H groups in total. The van der Waals surface area contributed by atoms with Crippen molar-refractivity contribution >= 4 is 11.7 Å². The normalized spacial score (nSPS) is 14.9. The van der Waals surface area contributed by atoms with Crippen molar-refractivity contribution in [2.75, 3.05) is 5.32 Å². The van der Waals surface area contributed by atoms with Crippen LogP contribution in [0.15, 0.2) is 54.6 Å². The number of ether oxygens (including phenoxy) is 1. The molecule has 0 radical (unpaired) electrons. The van der Waals surface area contributed by atoms with E-state index in [-0.39, 0.29) is 24.7 Å². The molecule has 160 valence electrons. The summed E-state index contributed by atoms with van der Waals surface area (Å²) < 4.78 is 20.7. The van der Waals surface area contributed by atoms with Crippen molar-refractivity contribution in [1.29, 1.82) is 0 Å². The number of carboxylic acid groups (broad SMARTS) is 1. The summed E-state index contributed by atoms with van der Waals surface area (Å²) in [4.78, 5) is 10.7. The Morgan fingerprint density at radius 1 is 1.13 bits per heavy atom. The molecule has 1 atom stereocenters. The lowest BCUT2D eigenvalue weighted by Gasteiger charge is -2.18. The highest BCUT2D eigenvalue weighted by Crippen LogP contribution is 2.41. The van der Waals surface area contributed by atoms with Gasteiger partial charge in [-0.25, -0.2) is 4.39 Å². The highest BCUT2D eigenvalue weighted by atomic mass is 19.1. The van der Waals surface area contributed by atoms with Gasteiger partial charge >= 0.3 is 5.97 Å². The average molecular weight is 419 g/mol. The molecule has 0 spiro atoms. The zero-order valence-electron chi connectivity index (χ0n) is 17.7. The van der Waals surface area contributed by atoms with Gasteiger partial charge in [-0.1, -0.05) is 36.4 Å². The molecular formula is C26H26FNO3. The lowest BCUT2D eigenvalue weighted by molar-refractivity contribution is -0.136. The van der Waals surface area contributed by atoms with E-state index in [2.05, 4.69) is 11.4 Å². The Morgan fingerprint density at radius 3 is 2.58 bits per heavy atom. The molecule has 0 amide bonds. The van der Waals surface area contributed by atoms with Crippen molar-refractivity contribution in [3.63, 3.8) is 0 Å². The van der Waals surface area contributed by atoms with Crippen molar-refractivity contribution in [1.82, 2.24) is 0 Å². The van der Waals surface area contributed by atoms with Crippen LogP contribution < -0.4 is 10.1 Å². The third-order valence-corrected chi connectivity index (χ3v) is 5.85. The molecule has 4 nitrogen and oxygen atoms in total. The van der Waals surface area contributed by atoms with Crippen LogP contribution in [0.4, 0.5) is 10.1 Å². The molecular weight excluding hydrogens is 393 g/mol. The van der Waals surface area contributed by atoms with Gasteiger partial charge in [-0.2, -0.15) is 0 Å². The first-order valence-electron chi connectivity index (χ1n) is 10.5. The van der Waals surface area contributed by atoms with Crippen LogP contribution in [0.1, 0.15) is 46.7 Å². The second kappa shape index (κ2) is 8.80. The summed E-state index contributed by atoms with van der Waals surface area (Å²) in [6, 6.07) is 17.2. The highest BCUT2D eigenvalue weighted by Gasteiger charge is 2.26. The highest BCUT2D eigenvalue weighted by molar-refractivity contribution is 5.67. The number of hydrogen-bond donors (Lipinski definition) is 2. The van der Waals surface area contributed by atoms with Crippen LogP contribution in [-0.2, 0) is 17.6 Å². The first-order valence-corrected chi connectivity index (χ1v) is 10.5. The molecule has 0 aliphatic heterocycles. The van der Waals surface area contributed by atoms with Crippen LogP contribution in [0, 0.1) is 19.7 Å². The summed E-state index contributed by atoms with van der Waals surface area (Å²) in [5.74, 6) is 0.459. The zero-order valence-corrected chi connectivity index (χ0v) is 17.7. The SMILES string of the molecule is Cc1cccc(C)c1Oc1cccc2c1CCC2Nc1ccc(CCC(=O)O)c(F)c1. The second-order valence-corrected chi connectivity index (χ2v) is 8.08. The van der Waals surface area contributed by atoms with E-state index in [1.165, 1.54) is 17.2 Å². The number of anilines is 1. The summed E-state index contributed by atoms with van der Waals surface area (Å²) in [6.07, 6.45) is 1.88. The fourth-order valence-corrected chi connectivity index (χ4v) is 4.22. The topological polar surface area (TPSA) is 58.6 Å². The van der Waals surface area contributed by atoms with Gasteiger partial charge in [0.05, 0.1) is 6.04 Å². The van der Waals surface area contributed by atoms with Gasteiger partial charge < -0.3 is 15.2 Å². The molecule has 3 aromatic carbocycles. The summed E-state index contributed by atoms with van der Waals surface area (Å²) in [6.45, 7) is 4.09. The number of fused-ring (bicyclic) bond motifs is 1. The smallest absolute Gasteiger partial charge is 0.303 e. The van der Waals surface area contributed by atoms with Crippen LogP contribution in [0.5, 0.6) is 11.5 Å². The molecule has 0 heterocycles. The van der Waals surface area contributed by atoms with E-state index in [4.69, 9.17) is 9.84 Å². The van der Waals surface area contributed by atoms with E-state index < -0.39 is 5.97 Å². The number of nitrogens with one attached hydrogen (secondary N) is 1. The van der Waals surface area contributed by atoms with Crippen LogP contribution in [0.2, 0.25) is 0 Å². The Labute approximate surface area is 181 Å². The maximum Gasteiger partial charge on any atom is 0.303 e. The number of aliphatic carboxylic acids is 1. The summed E-state index contributed by atoms with van der Waals surface area (Å²) in [7, 11) is 0. The fourth-order valence-electron chi connectivity index (χ4n) is 4.22. The monoisotopic (exact) mass is 419 g/mol. The van der Waals surface area contributed by atoms with Crippen LogP contribution >= 0.6 is 0 Å². The molecule has 5 heteroatoms. The van der Waals surface area contributed by atoms with Gasteiger partial charge in [-0.05, 0) is 73.6 Å². The van der Waals surface area contributed by atoms with Gasteiger partial charge in [-0.15, -0.1) is 0 Å². The van der Waals surface area contributed by atoms with Gasteiger partial charge in [0, 0.05) is 17.7 Å². The standard InChI is InChI=1S/C26H26FNO3/c1-16-5-3-6-17(2)26(16)31-24-8-4-7-20-21(24)12-13-23(20)28-19-11-9-18(22(27)15-19)10-14-25(29)30/h3-9,11,15,23,28H,10,12-14H2,1-2H3,(H,29,30). The molecule has 31 heavy (non-hydrogen) atoms. The Bertz CT molecular complexity index is 1110. The van der Waals surface area contributed by atoms with Crippen molar-refractivity contribution < 1.29 is 19.0 Å². The number of aryl methyl sites for hydroxylation is 3. The fraction of sp³-hybridized carbons (Fsp3) is 0.269. The first-order chi connectivity index (χ1) is 14.9. The number of carbonyl (C=O) groups is 1. The minimum Gasteiger partial charge on any atom is -0.481 e. The van der Waals surface area contributed by atoms with E-state index in [9.17, 15) is 9.18 Å². The third-order valence-electron chi connectivity index (χ3n) is 5.85. The molecule has 0 saturated carbocycles. The van der Waals surface area contributed by atoms with E-state index in [0.717, 1.165) is 35.5 Å². The second-order valence-electron chi connectivity index (χ2n) is 8.08. The number of carboxylic acids is 1. The maximum atomic E-state index is 14.4. The molecule has 4 rings (SSSR count). The van der Waals surface area contributed by atoms with Crippen LogP contribution in [0.3, 0.4) is 0 Å². The number of hydrogen-bond acceptors (Lipinski definition) is 3. The van der Waals surface area contributed by atoms with Crippen molar-refractivity contribution in [3.8, 4) is 11.5 Å². The lowest BCUT2D eigenvalue weighted by atomic mass is 10.1. The Hall–Kier alpha value is -3.34. The van der Waals surface area contributed by atoms with E-state index in [1.807, 2.05) is 50.2 Å². The molecule has 0 bridgehead atoms. The molecule has 0 saturated heterocycles. The minimum absolute atomic E-state index is 0.0702. The quantitative estimate of drug-likeness (QED) is 0.468. The van der Waals surface area contributed by atoms with Crippen LogP contribution in [-0.4, -0.2) is 11.1 Å². The van der Waals surface area contributed by atoms with Gasteiger partial charge in [-0.3, -0.25) is 4.79 Å². The first kappa shape index (κ1) is 20.9. The predicted octanol–water partition coefficient (Wildman–Crippen LogP) is 6.35. The van der Waals surface area contributed by atoms with Crippen molar-refractivity contribution in [3.05, 3.63) is 88.2 Å². The summed E-state index contributed by atoms with van der Waals surface area (Å²) >= 11 is 0. The lowest BCUT2D eigenvalue weighted by Crippen LogP contribution is -2.08. The Balaban J connectivity index is 1.53.